The smallest absolute Gasteiger partial charge is 0.290 e. The van der Waals surface area contributed by atoms with Crippen LogP contribution in [0.25, 0.3) is 0 Å². The van der Waals surface area contributed by atoms with Crippen LogP contribution in [0.4, 0.5) is 0 Å². The lowest BCUT2D eigenvalue weighted by molar-refractivity contribution is 0.415. The van der Waals surface area contributed by atoms with Gasteiger partial charge in [-0.05, 0) is 0 Å². The number of alkyl halides is 1. The number of halogens is 1. The molecule has 0 aliphatic rings. The van der Waals surface area contributed by atoms with Crippen LogP contribution >= 0.6 is 11.6 Å². The summed E-state index contributed by atoms with van der Waals surface area (Å²) in [6, 6.07) is 0. The molecular formula is C3H5ClO4S. The molecule has 2 N–H and O–H groups in total. The fraction of sp³-hybridized carbons (Fsp3) is 0.333. The van der Waals surface area contributed by atoms with Gasteiger partial charge in [-0.25, -0.2) is 0 Å². The van der Waals surface area contributed by atoms with E-state index in [1.54, 1.807) is 0 Å². The van der Waals surface area contributed by atoms with Gasteiger partial charge in [0.05, 0.1) is 11.3 Å². The minimum atomic E-state index is -4.23. The highest BCUT2D eigenvalue weighted by Gasteiger charge is 1.99. The van der Waals surface area contributed by atoms with Gasteiger partial charge in [0.1, 0.15) is 5.76 Å². The molecule has 54 valence electrons. The molecule has 0 spiro atoms. The lowest BCUT2D eigenvalue weighted by Gasteiger charge is -1.88. The van der Waals surface area contributed by atoms with E-state index in [4.69, 9.17) is 21.3 Å². The van der Waals surface area contributed by atoms with Gasteiger partial charge in [-0.15, -0.1) is 11.6 Å². The van der Waals surface area contributed by atoms with Crippen LogP contribution in [-0.2, 0) is 10.1 Å². The molecule has 0 aliphatic heterocycles. The summed E-state index contributed by atoms with van der Waals surface area (Å²) >= 11 is 4.96. The second-order valence-corrected chi connectivity index (χ2v) is 2.79. The van der Waals surface area contributed by atoms with Crippen LogP contribution in [-0.4, -0.2) is 24.0 Å². The van der Waals surface area contributed by atoms with Gasteiger partial charge in [0.25, 0.3) is 10.1 Å². The van der Waals surface area contributed by atoms with Crippen molar-refractivity contribution in [1.82, 2.24) is 0 Å². The van der Waals surface area contributed by atoms with Crippen molar-refractivity contribution >= 4 is 21.7 Å². The highest BCUT2D eigenvalue weighted by atomic mass is 35.5. The van der Waals surface area contributed by atoms with Crippen LogP contribution in [0.15, 0.2) is 11.2 Å². The van der Waals surface area contributed by atoms with Crippen molar-refractivity contribution < 1.29 is 18.1 Å². The first-order valence-electron chi connectivity index (χ1n) is 1.88. The number of aliphatic hydroxyl groups excluding tert-OH is 1. The summed E-state index contributed by atoms with van der Waals surface area (Å²) < 4.78 is 27.7. The Kier molecular flexibility index (Phi) is 2.96. The van der Waals surface area contributed by atoms with E-state index in [9.17, 15) is 8.42 Å². The molecule has 4 nitrogen and oxygen atoms in total. The van der Waals surface area contributed by atoms with Crippen LogP contribution < -0.4 is 0 Å². The molecule has 0 fully saturated rings. The van der Waals surface area contributed by atoms with Crippen LogP contribution in [0.3, 0.4) is 0 Å². The van der Waals surface area contributed by atoms with E-state index < -0.39 is 15.9 Å². The van der Waals surface area contributed by atoms with Gasteiger partial charge < -0.3 is 5.11 Å². The Labute approximate surface area is 57.5 Å². The minimum absolute atomic E-state index is 0.278. The molecule has 0 rings (SSSR count). The fourth-order valence-corrected chi connectivity index (χ4v) is 0.799. The molecule has 0 radical (unpaired) electrons. The van der Waals surface area contributed by atoms with E-state index in [0.717, 1.165) is 0 Å². The molecule has 0 heterocycles. The van der Waals surface area contributed by atoms with Gasteiger partial charge in [0.2, 0.25) is 0 Å². The highest BCUT2D eigenvalue weighted by molar-refractivity contribution is 7.88. The number of rotatable bonds is 2. The fourth-order valence-electron chi connectivity index (χ4n) is 0.203. The van der Waals surface area contributed by atoms with Crippen LogP contribution in [0.5, 0.6) is 0 Å². The summed E-state index contributed by atoms with van der Waals surface area (Å²) in [5, 5.41) is 8.66. The van der Waals surface area contributed by atoms with Gasteiger partial charge in [-0.3, -0.25) is 4.55 Å². The maximum Gasteiger partial charge on any atom is 0.290 e. The molecule has 0 aromatic heterocycles. The average Bonchev–Trinajstić information content (AvgIpc) is 1.62. The van der Waals surface area contributed by atoms with E-state index in [2.05, 4.69) is 0 Å². The van der Waals surface area contributed by atoms with E-state index in [1.165, 1.54) is 0 Å². The first-order valence-corrected chi connectivity index (χ1v) is 3.92. The quantitative estimate of drug-likeness (QED) is 0.362. The Morgan fingerprint density at radius 2 is 2.11 bits per heavy atom. The van der Waals surface area contributed by atoms with Gasteiger partial charge >= 0.3 is 0 Å². The molecule has 0 aliphatic carbocycles. The maximum atomic E-state index is 9.86. The van der Waals surface area contributed by atoms with Crippen molar-refractivity contribution in [3.05, 3.63) is 11.2 Å². The van der Waals surface area contributed by atoms with Crippen molar-refractivity contribution in [3.8, 4) is 0 Å². The Bertz CT molecular complexity index is 204. The average molecular weight is 173 g/mol. The molecule has 0 aromatic rings. The van der Waals surface area contributed by atoms with E-state index in [1.807, 2.05) is 0 Å². The summed E-state index contributed by atoms with van der Waals surface area (Å²) in [6.45, 7) is 0. The second-order valence-electron chi connectivity index (χ2n) is 1.26. The van der Waals surface area contributed by atoms with Crippen LogP contribution in [0, 0.1) is 0 Å². The van der Waals surface area contributed by atoms with Crippen LogP contribution in [0.1, 0.15) is 0 Å². The minimum Gasteiger partial charge on any atom is -0.510 e. The van der Waals surface area contributed by atoms with E-state index >= 15 is 0 Å². The van der Waals surface area contributed by atoms with Gasteiger partial charge in [0.15, 0.2) is 0 Å². The summed E-state index contributed by atoms with van der Waals surface area (Å²) in [7, 11) is -4.23. The third-order valence-corrected chi connectivity index (χ3v) is 1.27. The molecular weight excluding hydrogens is 168 g/mol. The van der Waals surface area contributed by atoms with Crippen molar-refractivity contribution in [2.75, 3.05) is 5.88 Å². The van der Waals surface area contributed by atoms with Crippen molar-refractivity contribution in [1.29, 1.82) is 0 Å². The molecule has 0 aromatic carbocycles. The summed E-state index contributed by atoms with van der Waals surface area (Å²) in [4.78, 5) is 0. The predicted octanol–water partition coefficient (Wildman–Crippen LogP) is 0.512. The second kappa shape index (κ2) is 3.05. The Morgan fingerprint density at radius 1 is 1.67 bits per heavy atom. The lowest BCUT2D eigenvalue weighted by atomic mass is 10.7. The third kappa shape index (κ3) is 5.61. The van der Waals surface area contributed by atoms with E-state index in [-0.39, 0.29) is 11.3 Å². The SMILES string of the molecule is O=S(=O)(O)C=C(O)CCl. The molecule has 0 saturated carbocycles. The first-order chi connectivity index (χ1) is 3.95. The number of hydrogen-bond donors (Lipinski definition) is 2. The van der Waals surface area contributed by atoms with Gasteiger partial charge in [-0.1, -0.05) is 0 Å². The topological polar surface area (TPSA) is 74.6 Å². The highest BCUT2D eigenvalue weighted by Crippen LogP contribution is 1.95. The molecule has 0 atom stereocenters. The molecule has 0 unspecified atom stereocenters. The van der Waals surface area contributed by atoms with E-state index in [0.29, 0.717) is 0 Å². The lowest BCUT2D eigenvalue weighted by Crippen LogP contribution is -1.94. The largest absolute Gasteiger partial charge is 0.510 e. The Hall–Kier alpha value is -0.260. The Morgan fingerprint density at radius 3 is 2.22 bits per heavy atom. The molecule has 6 heteroatoms. The third-order valence-electron chi connectivity index (χ3n) is 0.422. The van der Waals surface area contributed by atoms with Gasteiger partial charge in [-0.2, -0.15) is 8.42 Å². The number of aliphatic hydroxyl groups is 1. The predicted molar refractivity (Wildman–Crippen MR) is 33.0 cm³/mol. The number of allylic oxidation sites excluding steroid dienone is 1. The molecule has 0 bridgehead atoms. The van der Waals surface area contributed by atoms with Crippen LogP contribution in [0.2, 0.25) is 0 Å². The Balaban J connectivity index is 4.32. The first kappa shape index (κ1) is 8.74. The zero-order valence-corrected chi connectivity index (χ0v) is 5.85. The molecule has 9 heavy (non-hydrogen) atoms. The summed E-state index contributed by atoms with van der Waals surface area (Å²) in [5.41, 5.74) is 0. The molecule has 0 saturated heterocycles. The van der Waals surface area contributed by atoms with Gasteiger partial charge in [0, 0.05) is 0 Å². The summed E-state index contributed by atoms with van der Waals surface area (Å²) in [5.74, 6) is -0.918. The van der Waals surface area contributed by atoms with Crippen molar-refractivity contribution in [2.45, 2.75) is 0 Å². The maximum absolute atomic E-state index is 9.86. The number of hydrogen-bond acceptors (Lipinski definition) is 3. The summed E-state index contributed by atoms with van der Waals surface area (Å²) in [6.07, 6.45) is 0. The monoisotopic (exact) mass is 172 g/mol. The van der Waals surface area contributed by atoms with Crippen molar-refractivity contribution in [2.24, 2.45) is 0 Å². The normalized spacial score (nSPS) is 13.8. The molecule has 0 amide bonds. The standard InChI is InChI=1S/C3H5ClO4S/c4-1-3(5)2-9(6,7)8/h2,5H,1H2,(H,6,7,8). The zero-order valence-electron chi connectivity index (χ0n) is 4.28. The van der Waals surface area contributed by atoms with Crippen molar-refractivity contribution in [3.63, 3.8) is 0 Å². The zero-order chi connectivity index (χ0) is 7.49.